The van der Waals surface area contributed by atoms with E-state index in [-0.39, 0.29) is 18.0 Å². The van der Waals surface area contributed by atoms with Gasteiger partial charge in [-0.15, -0.1) is 0 Å². The largest absolute Gasteiger partial charge is 0.379 e. The van der Waals surface area contributed by atoms with Crippen molar-refractivity contribution in [2.45, 2.75) is 25.9 Å². The average molecular weight is 248 g/mol. The highest BCUT2D eigenvalue weighted by Crippen LogP contribution is 2.28. The van der Waals surface area contributed by atoms with Crippen LogP contribution in [0.2, 0.25) is 0 Å². The fraction of sp³-hybridized carbons (Fsp3) is 0.500. The number of amides is 1. The number of rotatable bonds is 3. The maximum atomic E-state index is 12.3. The lowest BCUT2D eigenvalue weighted by Crippen LogP contribution is -2.50. The standard InChI is InChI=1S/C14H20N2O2/c1-10(11-6-4-3-5-7-11)16-13(17)14(2)9-18-8-12(14)15/h3-7,10,12H,8-9,15H2,1-2H3,(H,16,17)/t10-,12?,14?/m0/s1. The first kappa shape index (κ1) is 13.1. The second-order valence-corrected chi connectivity index (χ2v) is 5.14. The number of nitrogens with one attached hydrogen (secondary N) is 1. The lowest BCUT2D eigenvalue weighted by Gasteiger charge is -2.27. The summed E-state index contributed by atoms with van der Waals surface area (Å²) in [4.78, 5) is 12.3. The molecule has 0 aromatic heterocycles. The van der Waals surface area contributed by atoms with Gasteiger partial charge in [0.15, 0.2) is 0 Å². The summed E-state index contributed by atoms with van der Waals surface area (Å²) in [5, 5.41) is 3.01. The van der Waals surface area contributed by atoms with E-state index in [1.165, 1.54) is 0 Å². The van der Waals surface area contributed by atoms with Gasteiger partial charge in [-0.2, -0.15) is 0 Å². The van der Waals surface area contributed by atoms with Crippen LogP contribution in [0.25, 0.3) is 0 Å². The Kier molecular flexibility index (Phi) is 3.68. The summed E-state index contributed by atoms with van der Waals surface area (Å²) in [6.45, 7) is 4.67. The Morgan fingerprint density at radius 1 is 1.50 bits per heavy atom. The third-order valence-corrected chi connectivity index (χ3v) is 3.68. The third-order valence-electron chi connectivity index (χ3n) is 3.68. The molecule has 0 aliphatic carbocycles. The van der Waals surface area contributed by atoms with Gasteiger partial charge in [-0.1, -0.05) is 30.3 Å². The molecule has 4 heteroatoms. The molecule has 1 saturated heterocycles. The van der Waals surface area contributed by atoms with E-state index in [2.05, 4.69) is 5.32 Å². The van der Waals surface area contributed by atoms with Crippen molar-refractivity contribution < 1.29 is 9.53 Å². The Bertz CT molecular complexity index is 421. The van der Waals surface area contributed by atoms with Crippen LogP contribution < -0.4 is 11.1 Å². The van der Waals surface area contributed by atoms with Crippen LogP contribution in [0.3, 0.4) is 0 Å². The van der Waals surface area contributed by atoms with Crippen LogP contribution in [0.1, 0.15) is 25.5 Å². The van der Waals surface area contributed by atoms with Crippen LogP contribution in [0.4, 0.5) is 0 Å². The minimum absolute atomic E-state index is 0.0247. The highest BCUT2D eigenvalue weighted by Gasteiger charge is 2.44. The molecule has 0 spiro atoms. The molecule has 0 saturated carbocycles. The summed E-state index contributed by atoms with van der Waals surface area (Å²) in [6, 6.07) is 9.62. The predicted octanol–water partition coefficient (Wildman–Crippen LogP) is 1.23. The Labute approximate surface area is 108 Å². The van der Waals surface area contributed by atoms with Gasteiger partial charge in [0.05, 0.1) is 24.7 Å². The van der Waals surface area contributed by atoms with Gasteiger partial charge in [-0.25, -0.2) is 0 Å². The lowest BCUT2D eigenvalue weighted by atomic mass is 9.84. The van der Waals surface area contributed by atoms with Crippen LogP contribution in [0.5, 0.6) is 0 Å². The van der Waals surface area contributed by atoms with E-state index in [4.69, 9.17) is 10.5 Å². The zero-order chi connectivity index (χ0) is 13.2. The van der Waals surface area contributed by atoms with Crippen molar-refractivity contribution in [3.63, 3.8) is 0 Å². The summed E-state index contributed by atoms with van der Waals surface area (Å²) in [6.07, 6.45) is 0. The average Bonchev–Trinajstić information content (AvgIpc) is 2.72. The Hall–Kier alpha value is -1.39. The van der Waals surface area contributed by atoms with Crippen molar-refractivity contribution >= 4 is 5.91 Å². The smallest absolute Gasteiger partial charge is 0.230 e. The molecule has 1 aliphatic rings. The monoisotopic (exact) mass is 248 g/mol. The molecule has 18 heavy (non-hydrogen) atoms. The Morgan fingerprint density at radius 3 is 2.72 bits per heavy atom. The number of carbonyl (C=O) groups is 1. The van der Waals surface area contributed by atoms with Crippen molar-refractivity contribution in [3.05, 3.63) is 35.9 Å². The topological polar surface area (TPSA) is 64.3 Å². The number of hydrogen-bond acceptors (Lipinski definition) is 3. The SMILES string of the molecule is C[C@H](NC(=O)C1(C)COCC1N)c1ccccc1. The molecular weight excluding hydrogens is 228 g/mol. The van der Waals surface area contributed by atoms with E-state index in [1.54, 1.807) is 0 Å². The highest BCUT2D eigenvalue weighted by molar-refractivity contribution is 5.84. The quantitative estimate of drug-likeness (QED) is 0.845. The minimum atomic E-state index is -0.622. The van der Waals surface area contributed by atoms with Gasteiger partial charge in [-0.05, 0) is 19.4 Å². The van der Waals surface area contributed by atoms with Gasteiger partial charge in [0.1, 0.15) is 0 Å². The van der Waals surface area contributed by atoms with E-state index < -0.39 is 5.41 Å². The molecule has 1 aromatic carbocycles. The Morgan fingerprint density at radius 2 is 2.17 bits per heavy atom. The second-order valence-electron chi connectivity index (χ2n) is 5.14. The Balaban J connectivity index is 2.04. The van der Waals surface area contributed by atoms with Crippen molar-refractivity contribution in [1.82, 2.24) is 5.32 Å². The van der Waals surface area contributed by atoms with Crippen LogP contribution in [-0.4, -0.2) is 25.2 Å². The minimum Gasteiger partial charge on any atom is -0.379 e. The summed E-state index contributed by atoms with van der Waals surface area (Å²) < 4.78 is 5.29. The van der Waals surface area contributed by atoms with E-state index >= 15 is 0 Å². The molecule has 2 unspecified atom stereocenters. The second kappa shape index (κ2) is 5.08. The molecule has 1 fully saturated rings. The van der Waals surface area contributed by atoms with E-state index in [0.717, 1.165) is 5.56 Å². The first-order valence-corrected chi connectivity index (χ1v) is 6.23. The highest BCUT2D eigenvalue weighted by atomic mass is 16.5. The van der Waals surface area contributed by atoms with Crippen molar-refractivity contribution in [3.8, 4) is 0 Å². The molecule has 2 rings (SSSR count). The molecule has 1 aliphatic heterocycles. The fourth-order valence-electron chi connectivity index (χ4n) is 2.11. The van der Waals surface area contributed by atoms with Crippen molar-refractivity contribution in [1.29, 1.82) is 0 Å². The zero-order valence-corrected chi connectivity index (χ0v) is 10.8. The number of benzene rings is 1. The van der Waals surface area contributed by atoms with Crippen LogP contribution in [-0.2, 0) is 9.53 Å². The molecule has 3 atom stereocenters. The molecule has 1 amide bonds. The first-order chi connectivity index (χ1) is 8.54. The van der Waals surface area contributed by atoms with Crippen molar-refractivity contribution in [2.24, 2.45) is 11.1 Å². The number of carbonyl (C=O) groups excluding carboxylic acids is 1. The first-order valence-electron chi connectivity index (χ1n) is 6.23. The normalized spacial score (nSPS) is 28.9. The lowest BCUT2D eigenvalue weighted by molar-refractivity contribution is -0.131. The van der Waals surface area contributed by atoms with E-state index in [0.29, 0.717) is 13.2 Å². The molecule has 0 radical (unpaired) electrons. The molecule has 0 bridgehead atoms. The number of hydrogen-bond donors (Lipinski definition) is 2. The van der Waals surface area contributed by atoms with Crippen LogP contribution in [0.15, 0.2) is 30.3 Å². The van der Waals surface area contributed by atoms with Gasteiger partial charge in [0.25, 0.3) is 0 Å². The summed E-state index contributed by atoms with van der Waals surface area (Å²) in [5.74, 6) is -0.0381. The third kappa shape index (κ3) is 2.40. The van der Waals surface area contributed by atoms with Gasteiger partial charge in [0.2, 0.25) is 5.91 Å². The fourth-order valence-corrected chi connectivity index (χ4v) is 2.11. The molecule has 3 N–H and O–H groups in total. The summed E-state index contributed by atoms with van der Waals surface area (Å²) in [7, 11) is 0. The van der Waals surface area contributed by atoms with Gasteiger partial charge in [0, 0.05) is 6.04 Å². The van der Waals surface area contributed by atoms with Gasteiger partial charge in [-0.3, -0.25) is 4.79 Å². The molecule has 4 nitrogen and oxygen atoms in total. The molecule has 98 valence electrons. The van der Waals surface area contributed by atoms with Crippen molar-refractivity contribution in [2.75, 3.05) is 13.2 Å². The molecule has 1 aromatic rings. The van der Waals surface area contributed by atoms with E-state index in [1.807, 2.05) is 44.2 Å². The molecular formula is C14H20N2O2. The predicted molar refractivity (Wildman–Crippen MR) is 69.9 cm³/mol. The van der Waals surface area contributed by atoms with E-state index in [9.17, 15) is 4.79 Å². The maximum absolute atomic E-state index is 12.3. The van der Waals surface area contributed by atoms with Gasteiger partial charge >= 0.3 is 0 Å². The number of ether oxygens (including phenoxy) is 1. The van der Waals surface area contributed by atoms with Gasteiger partial charge < -0.3 is 15.8 Å². The van der Waals surface area contributed by atoms with Crippen LogP contribution in [0, 0.1) is 5.41 Å². The number of nitrogens with two attached hydrogens (primary N) is 1. The zero-order valence-electron chi connectivity index (χ0n) is 10.8. The molecule has 1 heterocycles. The summed E-state index contributed by atoms with van der Waals surface area (Å²) in [5.41, 5.74) is 6.41. The maximum Gasteiger partial charge on any atom is 0.230 e. The van der Waals surface area contributed by atoms with Crippen LogP contribution >= 0.6 is 0 Å². The summed E-state index contributed by atoms with van der Waals surface area (Å²) >= 11 is 0.